The van der Waals surface area contributed by atoms with Gasteiger partial charge < -0.3 is 10.1 Å². The normalized spacial score (nSPS) is 11.8. The Morgan fingerprint density at radius 1 is 0.971 bits per heavy atom. The van der Waals surface area contributed by atoms with Crippen LogP contribution in [-0.2, 0) is 4.79 Å². The Bertz CT molecular complexity index is 1310. The largest absolute Gasteiger partial charge is 0.497 e. The number of nitrogens with one attached hydrogen (secondary N) is 1. The summed E-state index contributed by atoms with van der Waals surface area (Å²) < 4.78 is 6.87. The standard InChI is InChI=1S/C28H29N3O3/c1-3-4-10-19-29-27(32)26(21-15-17-22(34-2)18-16-21)31-24-14-9-8-13-23(24)30-25(28(31)33)20-11-6-5-7-12-20/h5-9,11-18,26H,3-4,10,19H2,1-2H3,(H,29,32). The molecule has 0 spiro atoms. The van der Waals surface area contributed by atoms with Crippen molar-refractivity contribution < 1.29 is 9.53 Å². The highest BCUT2D eigenvalue weighted by Gasteiger charge is 2.27. The van der Waals surface area contributed by atoms with Gasteiger partial charge in [-0.15, -0.1) is 0 Å². The number of methoxy groups -OCH3 is 1. The maximum absolute atomic E-state index is 13.9. The van der Waals surface area contributed by atoms with Crippen molar-refractivity contribution >= 4 is 16.9 Å². The lowest BCUT2D eigenvalue weighted by molar-refractivity contribution is -0.123. The molecule has 0 saturated carbocycles. The second kappa shape index (κ2) is 10.8. The van der Waals surface area contributed by atoms with Crippen LogP contribution >= 0.6 is 0 Å². The highest BCUT2D eigenvalue weighted by molar-refractivity contribution is 5.87. The molecule has 1 atom stereocenters. The number of benzene rings is 3. The van der Waals surface area contributed by atoms with Crippen LogP contribution in [0.15, 0.2) is 83.7 Å². The molecule has 1 amide bonds. The van der Waals surface area contributed by atoms with Gasteiger partial charge in [-0.05, 0) is 36.2 Å². The number of aromatic nitrogens is 2. The minimum Gasteiger partial charge on any atom is -0.497 e. The van der Waals surface area contributed by atoms with Crippen LogP contribution in [0.4, 0.5) is 0 Å². The molecule has 0 saturated heterocycles. The molecule has 0 aliphatic heterocycles. The van der Waals surface area contributed by atoms with Gasteiger partial charge in [0.2, 0.25) is 5.91 Å². The molecule has 6 heteroatoms. The van der Waals surface area contributed by atoms with Crippen molar-refractivity contribution in [2.75, 3.05) is 13.7 Å². The molecular formula is C28H29N3O3. The highest BCUT2D eigenvalue weighted by Crippen LogP contribution is 2.26. The zero-order valence-corrected chi connectivity index (χ0v) is 19.5. The number of para-hydroxylation sites is 2. The Morgan fingerprint density at radius 3 is 2.38 bits per heavy atom. The summed E-state index contributed by atoms with van der Waals surface area (Å²) >= 11 is 0. The predicted octanol–water partition coefficient (Wildman–Crippen LogP) is 4.97. The molecule has 1 aromatic heterocycles. The number of ether oxygens (including phenoxy) is 1. The molecule has 1 N–H and O–H groups in total. The number of carbonyl (C=O) groups is 1. The van der Waals surface area contributed by atoms with Gasteiger partial charge in [-0.3, -0.25) is 14.2 Å². The van der Waals surface area contributed by atoms with Crippen LogP contribution < -0.4 is 15.6 Å². The first-order valence-corrected chi connectivity index (χ1v) is 11.6. The third-order valence-corrected chi connectivity index (χ3v) is 5.86. The quantitative estimate of drug-likeness (QED) is 0.362. The lowest BCUT2D eigenvalue weighted by Crippen LogP contribution is -2.39. The van der Waals surface area contributed by atoms with Crippen molar-refractivity contribution in [1.29, 1.82) is 0 Å². The molecule has 1 unspecified atom stereocenters. The van der Waals surface area contributed by atoms with E-state index in [0.717, 1.165) is 19.3 Å². The number of hydrogen-bond donors (Lipinski definition) is 1. The van der Waals surface area contributed by atoms with Gasteiger partial charge in [0.25, 0.3) is 5.56 Å². The van der Waals surface area contributed by atoms with Crippen LogP contribution in [0.2, 0.25) is 0 Å². The van der Waals surface area contributed by atoms with Gasteiger partial charge in [-0.2, -0.15) is 0 Å². The number of rotatable bonds is 9. The molecule has 34 heavy (non-hydrogen) atoms. The van der Waals surface area contributed by atoms with Gasteiger partial charge in [0, 0.05) is 12.1 Å². The fourth-order valence-electron chi connectivity index (χ4n) is 4.08. The SMILES string of the molecule is CCCCCNC(=O)C(c1ccc(OC)cc1)n1c(=O)c(-c2ccccc2)nc2ccccc21. The molecule has 0 radical (unpaired) electrons. The van der Waals surface area contributed by atoms with E-state index < -0.39 is 6.04 Å². The second-order valence-corrected chi connectivity index (χ2v) is 8.16. The number of amides is 1. The zero-order chi connectivity index (χ0) is 23.9. The summed E-state index contributed by atoms with van der Waals surface area (Å²) in [6, 6.07) is 23.2. The van der Waals surface area contributed by atoms with Crippen molar-refractivity contribution in [3.05, 3.63) is 94.8 Å². The molecule has 4 rings (SSSR count). The van der Waals surface area contributed by atoms with Gasteiger partial charge in [-0.1, -0.05) is 74.4 Å². The maximum atomic E-state index is 13.9. The second-order valence-electron chi connectivity index (χ2n) is 8.16. The van der Waals surface area contributed by atoms with Crippen molar-refractivity contribution in [2.45, 2.75) is 32.2 Å². The Hall–Kier alpha value is -3.93. The number of carbonyl (C=O) groups excluding carboxylic acids is 1. The van der Waals surface area contributed by atoms with Crippen LogP contribution in [0.3, 0.4) is 0 Å². The molecule has 174 valence electrons. The summed E-state index contributed by atoms with van der Waals surface area (Å²) in [4.78, 5) is 32.2. The average Bonchev–Trinajstić information content (AvgIpc) is 2.88. The van der Waals surface area contributed by atoms with Gasteiger partial charge >= 0.3 is 0 Å². The average molecular weight is 456 g/mol. The van der Waals surface area contributed by atoms with Gasteiger partial charge in [0.15, 0.2) is 0 Å². The molecule has 1 heterocycles. The molecule has 3 aromatic carbocycles. The first-order chi connectivity index (χ1) is 16.6. The molecule has 0 fully saturated rings. The van der Waals surface area contributed by atoms with E-state index in [2.05, 4.69) is 17.2 Å². The van der Waals surface area contributed by atoms with Crippen LogP contribution in [0, 0.1) is 0 Å². The minimum absolute atomic E-state index is 0.223. The number of hydrogen-bond acceptors (Lipinski definition) is 4. The van der Waals surface area contributed by atoms with Crippen LogP contribution in [0.25, 0.3) is 22.3 Å². The van der Waals surface area contributed by atoms with E-state index in [4.69, 9.17) is 4.74 Å². The third-order valence-electron chi connectivity index (χ3n) is 5.86. The molecule has 4 aromatic rings. The lowest BCUT2D eigenvalue weighted by Gasteiger charge is -2.23. The van der Waals surface area contributed by atoms with E-state index in [0.29, 0.717) is 40.1 Å². The minimum atomic E-state index is -0.851. The zero-order valence-electron chi connectivity index (χ0n) is 19.5. The number of unbranched alkanes of at least 4 members (excludes halogenated alkanes) is 2. The van der Waals surface area contributed by atoms with Crippen LogP contribution in [-0.4, -0.2) is 29.1 Å². The van der Waals surface area contributed by atoms with Crippen LogP contribution in [0.1, 0.15) is 37.8 Å². The predicted molar refractivity (Wildman–Crippen MR) is 135 cm³/mol. The maximum Gasteiger partial charge on any atom is 0.278 e. The lowest BCUT2D eigenvalue weighted by atomic mass is 10.0. The van der Waals surface area contributed by atoms with E-state index in [1.54, 1.807) is 23.8 Å². The summed E-state index contributed by atoms with van der Waals surface area (Å²) in [5, 5.41) is 3.04. The molecule has 0 bridgehead atoms. The molecule has 6 nitrogen and oxygen atoms in total. The Labute approximate surface area is 199 Å². The highest BCUT2D eigenvalue weighted by atomic mass is 16.5. The summed E-state index contributed by atoms with van der Waals surface area (Å²) in [6.45, 7) is 2.68. The molecule has 0 aliphatic carbocycles. The van der Waals surface area contributed by atoms with E-state index >= 15 is 0 Å². The van der Waals surface area contributed by atoms with E-state index in [-0.39, 0.29) is 11.5 Å². The first kappa shape index (κ1) is 23.2. The number of nitrogens with zero attached hydrogens (tertiary/aromatic N) is 2. The summed E-state index contributed by atoms with van der Waals surface area (Å²) in [5.74, 6) is 0.460. The Kier molecular flexibility index (Phi) is 7.38. The van der Waals surface area contributed by atoms with Crippen molar-refractivity contribution in [3.8, 4) is 17.0 Å². The third kappa shape index (κ3) is 4.86. The molecule has 0 aliphatic rings. The topological polar surface area (TPSA) is 73.2 Å². The Balaban J connectivity index is 1.91. The Morgan fingerprint density at radius 2 is 1.68 bits per heavy atom. The molecular weight excluding hydrogens is 426 g/mol. The van der Waals surface area contributed by atoms with Gasteiger partial charge in [-0.25, -0.2) is 4.98 Å². The summed E-state index contributed by atoms with van der Waals surface area (Å²) in [5.41, 5.74) is 2.68. The smallest absolute Gasteiger partial charge is 0.278 e. The summed E-state index contributed by atoms with van der Waals surface area (Å²) in [7, 11) is 1.60. The summed E-state index contributed by atoms with van der Waals surface area (Å²) in [6.07, 6.45) is 2.98. The van der Waals surface area contributed by atoms with Crippen molar-refractivity contribution in [2.24, 2.45) is 0 Å². The first-order valence-electron chi connectivity index (χ1n) is 11.6. The van der Waals surface area contributed by atoms with Crippen LogP contribution in [0.5, 0.6) is 5.75 Å². The van der Waals surface area contributed by atoms with E-state index in [9.17, 15) is 9.59 Å². The van der Waals surface area contributed by atoms with Crippen molar-refractivity contribution in [1.82, 2.24) is 14.9 Å². The fourth-order valence-corrected chi connectivity index (χ4v) is 4.08. The van der Waals surface area contributed by atoms with Gasteiger partial charge in [0.05, 0.1) is 18.1 Å². The van der Waals surface area contributed by atoms with E-state index in [1.807, 2.05) is 66.7 Å². The monoisotopic (exact) mass is 455 g/mol. The number of fused-ring (bicyclic) bond motifs is 1. The van der Waals surface area contributed by atoms with Gasteiger partial charge in [0.1, 0.15) is 17.5 Å². The van der Waals surface area contributed by atoms with E-state index in [1.165, 1.54) is 0 Å². The fraction of sp³-hybridized carbons (Fsp3) is 0.250. The van der Waals surface area contributed by atoms with Crippen molar-refractivity contribution in [3.63, 3.8) is 0 Å².